The highest BCUT2D eigenvalue weighted by Gasteiger charge is 2.38. The molecular formula is C28H33N3O5S. The number of imidazole rings is 1. The van der Waals surface area contributed by atoms with E-state index in [1.807, 2.05) is 66.3 Å². The van der Waals surface area contributed by atoms with Crippen LogP contribution in [0.4, 0.5) is 4.79 Å². The van der Waals surface area contributed by atoms with E-state index in [2.05, 4.69) is 23.8 Å². The molecule has 1 saturated heterocycles. The molecule has 0 aliphatic carbocycles. The van der Waals surface area contributed by atoms with Gasteiger partial charge in [-0.05, 0) is 16.7 Å². The lowest BCUT2D eigenvalue weighted by molar-refractivity contribution is -0.268. The molecule has 196 valence electrons. The van der Waals surface area contributed by atoms with E-state index in [9.17, 15) is 9.90 Å². The lowest BCUT2D eigenvalue weighted by Gasteiger charge is -2.41. The van der Waals surface area contributed by atoms with Gasteiger partial charge in [0.15, 0.2) is 11.4 Å². The molecule has 1 fully saturated rings. The van der Waals surface area contributed by atoms with Crippen LogP contribution in [-0.4, -0.2) is 39.2 Å². The predicted molar refractivity (Wildman–Crippen MR) is 142 cm³/mol. The maximum absolute atomic E-state index is 11.7. The van der Waals surface area contributed by atoms with Crippen LogP contribution in [0.5, 0.6) is 0 Å². The number of alkyl carbamates (subject to hydrolysis) is 1. The number of amides is 1. The van der Waals surface area contributed by atoms with Gasteiger partial charge in [-0.3, -0.25) is 0 Å². The molecule has 0 bridgehead atoms. The normalized spacial score (nSPS) is 21.4. The summed E-state index contributed by atoms with van der Waals surface area (Å²) < 4.78 is 19.9. The third-order valence-electron chi connectivity index (χ3n) is 6.30. The average Bonchev–Trinajstić information content (AvgIpc) is 3.35. The van der Waals surface area contributed by atoms with E-state index in [4.69, 9.17) is 14.2 Å². The lowest BCUT2D eigenvalue weighted by Crippen LogP contribution is -2.38. The molecule has 2 N–H and O–H groups in total. The van der Waals surface area contributed by atoms with Crippen molar-refractivity contribution in [3.05, 3.63) is 95.8 Å². The van der Waals surface area contributed by atoms with Crippen molar-refractivity contribution in [1.29, 1.82) is 0 Å². The molecule has 2 heterocycles. The number of carbonyl (C=O) groups excluding carboxylic acids is 1. The first-order valence-corrected chi connectivity index (χ1v) is 13.2. The smallest absolute Gasteiger partial charge is 0.407 e. The van der Waals surface area contributed by atoms with E-state index in [1.165, 1.54) is 6.08 Å². The number of hydrogen-bond donors (Lipinski definition) is 2. The Morgan fingerprint density at radius 1 is 1.16 bits per heavy atom. The molecule has 9 heteroatoms. The molecule has 4 rings (SSSR count). The summed E-state index contributed by atoms with van der Waals surface area (Å²) in [4.78, 5) is 16.1. The Bertz CT molecular complexity index is 1170. The van der Waals surface area contributed by atoms with Crippen LogP contribution < -0.4 is 5.32 Å². The van der Waals surface area contributed by atoms with Gasteiger partial charge < -0.3 is 29.2 Å². The molecule has 0 saturated carbocycles. The summed E-state index contributed by atoms with van der Waals surface area (Å²) in [5, 5.41) is 13.1. The van der Waals surface area contributed by atoms with Crippen molar-refractivity contribution in [1.82, 2.24) is 14.9 Å². The molecule has 0 radical (unpaired) electrons. The molecule has 37 heavy (non-hydrogen) atoms. The van der Waals surface area contributed by atoms with Crippen molar-refractivity contribution in [3.8, 4) is 0 Å². The zero-order valence-electron chi connectivity index (χ0n) is 21.1. The molecule has 1 aromatic heterocycles. The van der Waals surface area contributed by atoms with Gasteiger partial charge in [0.25, 0.3) is 0 Å². The van der Waals surface area contributed by atoms with Crippen molar-refractivity contribution in [3.63, 3.8) is 0 Å². The number of hydrogen-bond acceptors (Lipinski definition) is 7. The highest BCUT2D eigenvalue weighted by atomic mass is 32.2. The monoisotopic (exact) mass is 523 g/mol. The number of aliphatic hydroxyl groups excluding tert-OH is 1. The highest BCUT2D eigenvalue weighted by molar-refractivity contribution is 7.99. The van der Waals surface area contributed by atoms with Gasteiger partial charge in [0.05, 0.1) is 18.8 Å². The van der Waals surface area contributed by atoms with E-state index in [0.29, 0.717) is 6.54 Å². The fourth-order valence-electron chi connectivity index (χ4n) is 4.11. The predicted octanol–water partition coefficient (Wildman–Crippen LogP) is 4.91. The minimum atomic E-state index is -0.551. The Morgan fingerprint density at radius 2 is 1.86 bits per heavy atom. The minimum absolute atomic E-state index is 0.00318. The van der Waals surface area contributed by atoms with Crippen LogP contribution in [0, 0.1) is 5.92 Å². The van der Waals surface area contributed by atoms with Crippen molar-refractivity contribution in [2.24, 2.45) is 13.0 Å². The molecule has 2 aromatic carbocycles. The number of carbonyl (C=O) groups is 1. The van der Waals surface area contributed by atoms with E-state index in [1.54, 1.807) is 18.0 Å². The van der Waals surface area contributed by atoms with E-state index in [-0.39, 0.29) is 31.3 Å². The standard InChI is InChI=1S/C28H33N3O5S/c1-4-15-34-28(33)30-16-20-5-11-23(12-6-20)26-35-24(18-37-27-29-13-14-31(27)3)19(2)25(36-26)22-9-7-21(17-32)8-10-22/h4-14,19,24-26,32H,1,15-18H2,2-3H3,(H,30,33). The van der Waals surface area contributed by atoms with Gasteiger partial charge >= 0.3 is 6.09 Å². The molecule has 0 spiro atoms. The summed E-state index contributed by atoms with van der Waals surface area (Å²) in [6, 6.07) is 15.7. The zero-order valence-corrected chi connectivity index (χ0v) is 21.9. The lowest BCUT2D eigenvalue weighted by atomic mass is 9.91. The maximum atomic E-state index is 11.7. The number of nitrogens with one attached hydrogen (secondary N) is 1. The first kappa shape index (κ1) is 26.9. The second kappa shape index (κ2) is 12.9. The summed E-state index contributed by atoms with van der Waals surface area (Å²) in [7, 11) is 1.98. The second-order valence-corrected chi connectivity index (χ2v) is 9.92. The average molecular weight is 524 g/mol. The van der Waals surface area contributed by atoms with Crippen molar-refractivity contribution in [2.45, 2.75) is 43.7 Å². The Labute approximate surface area is 221 Å². The van der Waals surface area contributed by atoms with Crippen LogP contribution in [0.2, 0.25) is 0 Å². The molecule has 8 nitrogen and oxygen atoms in total. The van der Waals surface area contributed by atoms with Crippen LogP contribution in [0.3, 0.4) is 0 Å². The maximum Gasteiger partial charge on any atom is 0.407 e. The van der Waals surface area contributed by atoms with Crippen molar-refractivity contribution >= 4 is 17.9 Å². The molecule has 1 aliphatic heterocycles. The first-order valence-electron chi connectivity index (χ1n) is 12.2. The van der Waals surface area contributed by atoms with Gasteiger partial charge in [-0.15, -0.1) is 0 Å². The topological polar surface area (TPSA) is 94.8 Å². The molecule has 1 amide bonds. The summed E-state index contributed by atoms with van der Waals surface area (Å²) >= 11 is 1.66. The Kier molecular flexibility index (Phi) is 9.40. The SMILES string of the molecule is C=CCOC(=O)NCc1ccc(C2OC(CSc3nccn3C)C(C)C(c3ccc(CO)cc3)O2)cc1. The number of aryl methyl sites for hydroxylation is 1. The Hall–Kier alpha value is -3.11. The number of ether oxygens (including phenoxy) is 3. The molecule has 4 atom stereocenters. The number of rotatable bonds is 10. The number of aliphatic hydroxyl groups is 1. The van der Waals surface area contributed by atoms with Crippen LogP contribution in [-0.2, 0) is 34.4 Å². The number of aromatic nitrogens is 2. The van der Waals surface area contributed by atoms with Gasteiger partial charge in [0, 0.05) is 43.2 Å². The fraction of sp³-hybridized carbons (Fsp3) is 0.357. The Morgan fingerprint density at radius 3 is 2.51 bits per heavy atom. The minimum Gasteiger partial charge on any atom is -0.445 e. The largest absolute Gasteiger partial charge is 0.445 e. The summed E-state index contributed by atoms with van der Waals surface area (Å²) in [5.41, 5.74) is 3.73. The molecular weight excluding hydrogens is 490 g/mol. The molecule has 3 aromatic rings. The third-order valence-corrected chi connectivity index (χ3v) is 7.44. The van der Waals surface area contributed by atoms with Crippen molar-refractivity contribution in [2.75, 3.05) is 12.4 Å². The number of benzene rings is 2. The van der Waals surface area contributed by atoms with E-state index in [0.717, 1.165) is 33.2 Å². The van der Waals surface area contributed by atoms with E-state index >= 15 is 0 Å². The summed E-state index contributed by atoms with van der Waals surface area (Å²) in [6.07, 6.45) is 3.95. The quantitative estimate of drug-likeness (QED) is 0.288. The number of thioether (sulfide) groups is 1. The zero-order chi connectivity index (χ0) is 26.2. The second-order valence-electron chi connectivity index (χ2n) is 8.94. The summed E-state index contributed by atoms with van der Waals surface area (Å²) in [6.45, 7) is 6.20. The van der Waals surface area contributed by atoms with Gasteiger partial charge in [0.2, 0.25) is 0 Å². The summed E-state index contributed by atoms with van der Waals surface area (Å²) in [5.74, 6) is 0.820. The molecule has 1 aliphatic rings. The first-order chi connectivity index (χ1) is 18.0. The Balaban J connectivity index is 1.49. The van der Waals surface area contributed by atoms with Crippen LogP contribution in [0.25, 0.3) is 0 Å². The van der Waals surface area contributed by atoms with Gasteiger partial charge in [-0.1, -0.05) is 79.9 Å². The van der Waals surface area contributed by atoms with Gasteiger partial charge in [0.1, 0.15) is 6.61 Å². The fourth-order valence-corrected chi connectivity index (χ4v) is 5.21. The van der Waals surface area contributed by atoms with Gasteiger partial charge in [-0.25, -0.2) is 9.78 Å². The van der Waals surface area contributed by atoms with Crippen LogP contribution in [0.15, 0.2) is 78.7 Å². The third kappa shape index (κ3) is 7.01. The van der Waals surface area contributed by atoms with E-state index < -0.39 is 12.4 Å². The highest BCUT2D eigenvalue weighted by Crippen LogP contribution is 2.42. The molecule has 4 unspecified atom stereocenters. The van der Waals surface area contributed by atoms with Crippen LogP contribution >= 0.6 is 11.8 Å². The van der Waals surface area contributed by atoms with Crippen LogP contribution in [0.1, 0.15) is 41.6 Å². The van der Waals surface area contributed by atoms with Gasteiger partial charge in [-0.2, -0.15) is 0 Å². The van der Waals surface area contributed by atoms with Crippen molar-refractivity contribution < 1.29 is 24.1 Å². The number of nitrogens with zero attached hydrogens (tertiary/aromatic N) is 2.